The maximum atomic E-state index is 12.3. The van der Waals surface area contributed by atoms with Crippen LogP contribution < -0.4 is 20.8 Å². The quantitative estimate of drug-likeness (QED) is 0.262. The second kappa shape index (κ2) is 12.1. The third-order valence-electron chi connectivity index (χ3n) is 5.01. The fourth-order valence-corrected chi connectivity index (χ4v) is 3.45. The summed E-state index contributed by atoms with van der Waals surface area (Å²) >= 11 is 0. The number of hydrazone groups is 1. The van der Waals surface area contributed by atoms with Crippen LogP contribution in [0.15, 0.2) is 71.8 Å². The first-order chi connectivity index (χ1) is 16.9. The van der Waals surface area contributed by atoms with Gasteiger partial charge in [-0.1, -0.05) is 43.3 Å². The van der Waals surface area contributed by atoms with Gasteiger partial charge in [0.25, 0.3) is 5.91 Å². The van der Waals surface area contributed by atoms with E-state index < -0.39 is 11.8 Å². The topological polar surface area (TPSA) is 109 Å². The molecular weight excluding hydrogens is 444 g/mol. The molecule has 0 aliphatic heterocycles. The summed E-state index contributed by atoms with van der Waals surface area (Å²) in [5, 5.41) is 9.26. The number of hydrogen-bond acceptors (Lipinski definition) is 5. The van der Waals surface area contributed by atoms with Gasteiger partial charge in [-0.3, -0.25) is 14.4 Å². The molecule has 0 bridgehead atoms. The van der Waals surface area contributed by atoms with Gasteiger partial charge < -0.3 is 15.4 Å². The van der Waals surface area contributed by atoms with Crippen molar-refractivity contribution in [2.45, 2.75) is 27.2 Å². The molecule has 0 atom stereocenters. The SMILES string of the molecule is CCc1ccccc1NC(=O)C(=O)N/N=C\c1ccccc1OCC(=O)Nc1cc(C)cc(C)c1. The lowest BCUT2D eigenvalue weighted by molar-refractivity contribution is -0.136. The Morgan fingerprint density at radius 3 is 2.31 bits per heavy atom. The molecule has 35 heavy (non-hydrogen) atoms. The molecule has 180 valence electrons. The van der Waals surface area contributed by atoms with Gasteiger partial charge in [-0.05, 0) is 67.3 Å². The Morgan fingerprint density at radius 1 is 0.886 bits per heavy atom. The third kappa shape index (κ3) is 7.53. The van der Waals surface area contributed by atoms with E-state index in [2.05, 4.69) is 21.2 Å². The van der Waals surface area contributed by atoms with E-state index in [0.717, 1.165) is 23.1 Å². The zero-order valence-electron chi connectivity index (χ0n) is 19.9. The van der Waals surface area contributed by atoms with Gasteiger partial charge in [-0.2, -0.15) is 5.10 Å². The van der Waals surface area contributed by atoms with E-state index in [-0.39, 0.29) is 12.5 Å². The monoisotopic (exact) mass is 472 g/mol. The first-order valence-electron chi connectivity index (χ1n) is 11.2. The number of nitrogens with one attached hydrogen (secondary N) is 3. The molecule has 0 saturated heterocycles. The molecule has 8 nitrogen and oxygen atoms in total. The molecule has 0 aromatic heterocycles. The number of amides is 3. The average Bonchev–Trinajstić information content (AvgIpc) is 2.83. The number of hydrogen-bond donors (Lipinski definition) is 3. The second-order valence-electron chi connectivity index (χ2n) is 7.92. The van der Waals surface area contributed by atoms with Crippen LogP contribution in [0.1, 0.15) is 29.2 Å². The summed E-state index contributed by atoms with van der Waals surface area (Å²) in [4.78, 5) is 36.7. The first-order valence-corrected chi connectivity index (χ1v) is 11.2. The van der Waals surface area contributed by atoms with E-state index in [1.807, 2.05) is 51.1 Å². The van der Waals surface area contributed by atoms with E-state index >= 15 is 0 Å². The van der Waals surface area contributed by atoms with Crippen molar-refractivity contribution in [3.63, 3.8) is 0 Å². The van der Waals surface area contributed by atoms with Crippen LogP contribution in [-0.4, -0.2) is 30.5 Å². The summed E-state index contributed by atoms with van der Waals surface area (Å²) in [6.45, 7) is 5.67. The van der Waals surface area contributed by atoms with Crippen LogP contribution in [0.3, 0.4) is 0 Å². The number of ether oxygens (including phenoxy) is 1. The number of anilines is 2. The highest BCUT2D eigenvalue weighted by Crippen LogP contribution is 2.17. The summed E-state index contributed by atoms with van der Waals surface area (Å²) in [7, 11) is 0. The Hall–Kier alpha value is -4.46. The van der Waals surface area contributed by atoms with E-state index in [0.29, 0.717) is 22.7 Å². The molecule has 0 aliphatic carbocycles. The number of para-hydroxylation sites is 2. The van der Waals surface area contributed by atoms with Gasteiger partial charge in [-0.25, -0.2) is 5.43 Å². The maximum Gasteiger partial charge on any atom is 0.329 e. The lowest BCUT2D eigenvalue weighted by atomic mass is 10.1. The van der Waals surface area contributed by atoms with Gasteiger partial charge in [-0.15, -0.1) is 0 Å². The normalized spacial score (nSPS) is 10.6. The van der Waals surface area contributed by atoms with Crippen LogP contribution in [-0.2, 0) is 20.8 Å². The predicted octanol–water partition coefficient (Wildman–Crippen LogP) is 3.97. The lowest BCUT2D eigenvalue weighted by Crippen LogP contribution is -2.32. The molecule has 3 amide bonds. The number of aryl methyl sites for hydroxylation is 3. The number of rotatable bonds is 8. The standard InChI is InChI=1S/C27H28N4O4/c1-4-20-9-5-7-11-23(20)30-26(33)27(34)31-28-16-21-10-6-8-12-24(21)35-17-25(32)29-22-14-18(2)13-19(3)15-22/h5-16H,4,17H2,1-3H3,(H,29,32)(H,30,33)(H,31,34)/b28-16-. The molecule has 3 aromatic rings. The molecule has 3 aromatic carbocycles. The number of carbonyl (C=O) groups is 3. The van der Waals surface area contributed by atoms with Crippen molar-refractivity contribution < 1.29 is 19.1 Å². The molecular formula is C27H28N4O4. The summed E-state index contributed by atoms with van der Waals surface area (Å²) in [6, 6.07) is 20.0. The van der Waals surface area contributed by atoms with Crippen molar-refractivity contribution in [2.24, 2.45) is 5.10 Å². The van der Waals surface area contributed by atoms with E-state index in [4.69, 9.17) is 4.74 Å². The van der Waals surface area contributed by atoms with Crippen molar-refractivity contribution in [2.75, 3.05) is 17.2 Å². The first kappa shape index (κ1) is 25.2. The number of nitrogens with zero attached hydrogens (tertiary/aromatic N) is 1. The largest absolute Gasteiger partial charge is 0.483 e. The molecule has 0 radical (unpaired) electrons. The van der Waals surface area contributed by atoms with Crippen LogP contribution in [0.5, 0.6) is 5.75 Å². The highest BCUT2D eigenvalue weighted by atomic mass is 16.5. The summed E-state index contributed by atoms with van der Waals surface area (Å²) < 4.78 is 5.65. The van der Waals surface area contributed by atoms with Crippen molar-refractivity contribution >= 4 is 35.3 Å². The van der Waals surface area contributed by atoms with Crippen LogP contribution in [0.25, 0.3) is 0 Å². The molecule has 0 saturated carbocycles. The van der Waals surface area contributed by atoms with Crippen LogP contribution in [0.2, 0.25) is 0 Å². The van der Waals surface area contributed by atoms with Crippen molar-refractivity contribution in [1.82, 2.24) is 5.43 Å². The smallest absolute Gasteiger partial charge is 0.329 e. The van der Waals surface area contributed by atoms with Gasteiger partial charge in [0.15, 0.2) is 6.61 Å². The Labute approximate surface area is 204 Å². The second-order valence-corrected chi connectivity index (χ2v) is 7.92. The predicted molar refractivity (Wildman–Crippen MR) is 137 cm³/mol. The maximum absolute atomic E-state index is 12.3. The van der Waals surface area contributed by atoms with Gasteiger partial charge >= 0.3 is 11.8 Å². The molecule has 0 aliphatic rings. The number of benzene rings is 3. The van der Waals surface area contributed by atoms with Gasteiger partial charge in [0.05, 0.1) is 6.21 Å². The molecule has 0 fully saturated rings. The average molecular weight is 473 g/mol. The molecule has 8 heteroatoms. The van der Waals surface area contributed by atoms with E-state index in [1.54, 1.807) is 36.4 Å². The zero-order valence-corrected chi connectivity index (χ0v) is 19.9. The summed E-state index contributed by atoms with van der Waals surface area (Å²) in [5.74, 6) is -1.63. The molecule has 0 heterocycles. The summed E-state index contributed by atoms with van der Waals surface area (Å²) in [6.07, 6.45) is 2.07. The Balaban J connectivity index is 1.55. The van der Waals surface area contributed by atoms with Crippen LogP contribution >= 0.6 is 0 Å². The third-order valence-corrected chi connectivity index (χ3v) is 5.01. The zero-order chi connectivity index (χ0) is 25.2. The Morgan fingerprint density at radius 2 is 1.57 bits per heavy atom. The molecule has 0 unspecified atom stereocenters. The van der Waals surface area contributed by atoms with Gasteiger partial charge in [0, 0.05) is 16.9 Å². The fraction of sp³-hybridized carbons (Fsp3) is 0.185. The Bertz CT molecular complexity index is 1230. The van der Waals surface area contributed by atoms with Crippen molar-refractivity contribution in [1.29, 1.82) is 0 Å². The van der Waals surface area contributed by atoms with E-state index in [9.17, 15) is 14.4 Å². The van der Waals surface area contributed by atoms with Gasteiger partial charge in [0.1, 0.15) is 5.75 Å². The minimum absolute atomic E-state index is 0.205. The molecule has 0 spiro atoms. The number of carbonyl (C=O) groups excluding carboxylic acids is 3. The lowest BCUT2D eigenvalue weighted by Gasteiger charge is -2.10. The molecule has 3 N–H and O–H groups in total. The van der Waals surface area contributed by atoms with Crippen LogP contribution in [0.4, 0.5) is 11.4 Å². The minimum atomic E-state index is -0.904. The van der Waals surface area contributed by atoms with Gasteiger partial charge in [0.2, 0.25) is 0 Å². The van der Waals surface area contributed by atoms with Crippen molar-refractivity contribution in [3.05, 3.63) is 89.0 Å². The van der Waals surface area contributed by atoms with E-state index in [1.165, 1.54) is 6.21 Å². The van der Waals surface area contributed by atoms with Crippen LogP contribution in [0, 0.1) is 13.8 Å². The minimum Gasteiger partial charge on any atom is -0.483 e. The van der Waals surface area contributed by atoms with Crippen molar-refractivity contribution in [3.8, 4) is 5.75 Å². The summed E-state index contributed by atoms with van der Waals surface area (Å²) in [5.41, 5.74) is 7.04. The Kier molecular flexibility index (Phi) is 8.72. The highest BCUT2D eigenvalue weighted by molar-refractivity contribution is 6.39. The fourth-order valence-electron chi connectivity index (χ4n) is 3.45. The molecule has 3 rings (SSSR count). The highest BCUT2D eigenvalue weighted by Gasteiger charge is 2.14.